The van der Waals surface area contributed by atoms with Crippen LogP contribution in [-0.4, -0.2) is 59.6 Å². The predicted octanol–water partition coefficient (Wildman–Crippen LogP) is 4.05. The molecule has 8 atom stereocenters. The molecule has 40 heavy (non-hydrogen) atoms. The highest BCUT2D eigenvalue weighted by atomic mass is 19.1. The highest BCUT2D eigenvalue weighted by molar-refractivity contribution is 5.92. The summed E-state index contributed by atoms with van der Waals surface area (Å²) >= 11 is 0. The summed E-state index contributed by atoms with van der Waals surface area (Å²) in [6.45, 7) is 10.3. The van der Waals surface area contributed by atoms with Gasteiger partial charge in [0.25, 0.3) is 0 Å². The number of carbonyl (C=O) groups excluding carboxylic acids is 4. The predicted molar refractivity (Wildman–Crippen MR) is 138 cm³/mol. The molecule has 1 heterocycles. The van der Waals surface area contributed by atoms with E-state index in [1.807, 2.05) is 13.0 Å². The Morgan fingerprint density at radius 1 is 1.02 bits per heavy atom. The number of Topliss-reactive ketones (excluding diaryl/α,β-unsaturated/α-hetero) is 1. The minimum absolute atomic E-state index is 0.0107. The Morgan fingerprint density at radius 3 is 2.35 bits per heavy atom. The Morgan fingerprint density at radius 2 is 1.73 bits per heavy atom. The van der Waals surface area contributed by atoms with Crippen molar-refractivity contribution in [1.82, 2.24) is 0 Å². The van der Waals surface area contributed by atoms with E-state index in [9.17, 15) is 19.2 Å². The fourth-order valence-electron chi connectivity index (χ4n) is 8.36. The van der Waals surface area contributed by atoms with Crippen molar-refractivity contribution in [3.63, 3.8) is 0 Å². The minimum atomic E-state index is -2.06. The molecule has 5 rings (SSSR count). The standard InChI is InChI=1S/C30H37FO9/c1-16(32)36-15-23(35)30-24(39-26(4,5)40-30)13-22-21-9-8-19-12-20(37-17(2)33)10-11-27(19,6)29(21,31)25(38-18(3)34)14-28(22,30)7/h8,10-12,21-22,24-25H,9,13-15H2,1-7H3/t21-,22-,24?,25-,27-,28-,29-,30+/m0/s1. The van der Waals surface area contributed by atoms with Gasteiger partial charge < -0.3 is 23.7 Å². The molecule has 218 valence electrons. The van der Waals surface area contributed by atoms with Gasteiger partial charge in [-0.1, -0.05) is 19.1 Å². The van der Waals surface area contributed by atoms with Gasteiger partial charge >= 0.3 is 17.9 Å². The first-order valence-corrected chi connectivity index (χ1v) is 13.7. The van der Waals surface area contributed by atoms with Crippen LogP contribution in [0.4, 0.5) is 4.39 Å². The lowest BCUT2D eigenvalue weighted by molar-refractivity contribution is -0.247. The lowest BCUT2D eigenvalue weighted by Gasteiger charge is -2.62. The maximum atomic E-state index is 18.1. The van der Waals surface area contributed by atoms with Crippen molar-refractivity contribution in [2.45, 2.75) is 97.0 Å². The second kappa shape index (κ2) is 9.08. The monoisotopic (exact) mass is 560 g/mol. The molecule has 0 amide bonds. The third-order valence-corrected chi connectivity index (χ3v) is 9.78. The molecule has 3 fully saturated rings. The molecule has 1 saturated heterocycles. The number of alkyl halides is 1. The SMILES string of the molecule is CC(=O)OCC(=O)[C@@]12OC(C)(C)OC1C[C@H]1[C@@H]3CC=C4C=C(OC(C)=O)C=C[C@]4(C)[C@@]3(F)[C@@H](OC(C)=O)C[C@@]12C. The summed E-state index contributed by atoms with van der Waals surface area (Å²) in [5.74, 6) is -4.06. The van der Waals surface area contributed by atoms with Crippen molar-refractivity contribution in [3.05, 3.63) is 35.6 Å². The van der Waals surface area contributed by atoms with Crippen molar-refractivity contribution >= 4 is 23.7 Å². The van der Waals surface area contributed by atoms with E-state index in [4.69, 9.17) is 23.7 Å². The van der Waals surface area contributed by atoms with E-state index in [0.717, 1.165) is 0 Å². The van der Waals surface area contributed by atoms with Crippen LogP contribution in [0.3, 0.4) is 0 Å². The van der Waals surface area contributed by atoms with Crippen LogP contribution < -0.4 is 0 Å². The van der Waals surface area contributed by atoms with E-state index >= 15 is 4.39 Å². The molecule has 0 bridgehead atoms. The highest BCUT2D eigenvalue weighted by Crippen LogP contribution is 2.72. The Labute approximate surface area is 233 Å². The number of halogens is 1. The lowest BCUT2D eigenvalue weighted by Crippen LogP contribution is -2.70. The van der Waals surface area contributed by atoms with Crippen molar-refractivity contribution in [2.75, 3.05) is 6.61 Å². The summed E-state index contributed by atoms with van der Waals surface area (Å²) in [6, 6.07) is 0. The zero-order valence-electron chi connectivity index (χ0n) is 24.0. The molecule has 2 saturated carbocycles. The number of allylic oxidation sites excluding steroid dienone is 5. The zero-order chi connectivity index (χ0) is 29.5. The molecule has 0 aromatic carbocycles. The minimum Gasteiger partial charge on any atom is -0.459 e. The van der Waals surface area contributed by atoms with Crippen molar-refractivity contribution in [3.8, 4) is 0 Å². The van der Waals surface area contributed by atoms with Crippen molar-refractivity contribution in [1.29, 1.82) is 0 Å². The Kier molecular flexibility index (Phi) is 6.51. The van der Waals surface area contributed by atoms with Crippen LogP contribution in [0.25, 0.3) is 0 Å². The Bertz CT molecular complexity index is 1270. The van der Waals surface area contributed by atoms with Gasteiger partial charge in [0.1, 0.15) is 11.9 Å². The first kappa shape index (κ1) is 28.7. The molecule has 1 unspecified atom stereocenters. The molecule has 0 aromatic heterocycles. The largest absolute Gasteiger partial charge is 0.459 e. The zero-order valence-corrected chi connectivity index (χ0v) is 24.0. The molecule has 10 heteroatoms. The van der Waals surface area contributed by atoms with Crippen molar-refractivity contribution < 1.29 is 47.3 Å². The third-order valence-electron chi connectivity index (χ3n) is 9.78. The fourth-order valence-corrected chi connectivity index (χ4v) is 8.36. The van der Waals surface area contributed by atoms with E-state index < -0.39 is 82.2 Å². The molecular formula is C30H37FO9. The van der Waals surface area contributed by atoms with Gasteiger partial charge in [-0.25, -0.2) is 4.39 Å². The second-order valence-corrected chi connectivity index (χ2v) is 12.6. The normalized spacial score (nSPS) is 42.3. The molecule has 0 aromatic rings. The van der Waals surface area contributed by atoms with E-state index in [0.29, 0.717) is 24.2 Å². The average molecular weight is 561 g/mol. The molecule has 0 N–H and O–H groups in total. The van der Waals surface area contributed by atoms with Crippen LogP contribution in [0.15, 0.2) is 35.6 Å². The maximum absolute atomic E-state index is 18.1. The number of rotatable bonds is 5. The molecular weight excluding hydrogens is 523 g/mol. The highest BCUT2D eigenvalue weighted by Gasteiger charge is 2.80. The molecule has 1 aliphatic heterocycles. The smallest absolute Gasteiger partial charge is 0.308 e. The first-order valence-electron chi connectivity index (χ1n) is 13.7. The average Bonchev–Trinajstić information content (AvgIpc) is 3.24. The summed E-state index contributed by atoms with van der Waals surface area (Å²) in [5, 5.41) is 0. The summed E-state index contributed by atoms with van der Waals surface area (Å²) in [4.78, 5) is 49.5. The fraction of sp³-hybridized carbons (Fsp3) is 0.667. The quantitative estimate of drug-likeness (QED) is 0.363. The van der Waals surface area contributed by atoms with Gasteiger partial charge in [0.15, 0.2) is 23.7 Å². The molecule has 9 nitrogen and oxygen atoms in total. The molecule has 4 aliphatic carbocycles. The lowest BCUT2D eigenvalue weighted by atomic mass is 9.45. The van der Waals surface area contributed by atoms with E-state index in [-0.39, 0.29) is 6.42 Å². The van der Waals surface area contributed by atoms with Crippen LogP contribution in [0.2, 0.25) is 0 Å². The topological polar surface area (TPSA) is 114 Å². The molecule has 0 spiro atoms. The van der Waals surface area contributed by atoms with E-state index in [1.165, 1.54) is 20.8 Å². The van der Waals surface area contributed by atoms with Crippen molar-refractivity contribution in [2.24, 2.45) is 22.7 Å². The molecule has 5 aliphatic rings. The number of esters is 3. The van der Waals surface area contributed by atoms with Gasteiger partial charge in [0, 0.05) is 37.5 Å². The summed E-state index contributed by atoms with van der Waals surface area (Å²) in [5.41, 5.74) is -5.20. The first-order chi connectivity index (χ1) is 18.5. The third kappa shape index (κ3) is 3.85. The summed E-state index contributed by atoms with van der Waals surface area (Å²) < 4.78 is 47.0. The number of carbonyl (C=O) groups is 4. The number of ether oxygens (including phenoxy) is 5. The van der Waals surface area contributed by atoms with Gasteiger partial charge in [-0.05, 0) is 63.7 Å². The van der Waals surface area contributed by atoms with Gasteiger partial charge in [-0.2, -0.15) is 0 Å². The van der Waals surface area contributed by atoms with Crippen LogP contribution in [-0.2, 0) is 42.9 Å². The van der Waals surface area contributed by atoms with E-state index in [1.54, 1.807) is 39.0 Å². The number of hydrogen-bond donors (Lipinski definition) is 0. The number of hydrogen-bond acceptors (Lipinski definition) is 9. The second-order valence-electron chi connectivity index (χ2n) is 12.6. The summed E-state index contributed by atoms with van der Waals surface area (Å²) in [7, 11) is 0. The van der Waals surface area contributed by atoms with E-state index in [2.05, 4.69) is 0 Å². The van der Waals surface area contributed by atoms with Crippen LogP contribution in [0, 0.1) is 22.7 Å². The van der Waals surface area contributed by atoms with Crippen LogP contribution in [0.1, 0.15) is 67.7 Å². The van der Waals surface area contributed by atoms with Gasteiger partial charge in [-0.3, -0.25) is 19.2 Å². The molecule has 0 radical (unpaired) electrons. The Hall–Kier alpha value is -2.85. The van der Waals surface area contributed by atoms with Gasteiger partial charge in [-0.15, -0.1) is 0 Å². The number of ketones is 1. The summed E-state index contributed by atoms with van der Waals surface area (Å²) in [6.07, 6.45) is 5.51. The van der Waals surface area contributed by atoms with Gasteiger partial charge in [0.2, 0.25) is 5.78 Å². The van der Waals surface area contributed by atoms with Crippen LogP contribution in [0.5, 0.6) is 0 Å². The van der Waals surface area contributed by atoms with Crippen LogP contribution >= 0.6 is 0 Å². The van der Waals surface area contributed by atoms with Gasteiger partial charge in [0.05, 0.1) is 6.10 Å². The maximum Gasteiger partial charge on any atom is 0.308 e. The Balaban J connectivity index is 1.64. The number of fused-ring (bicyclic) bond motifs is 7.